The van der Waals surface area contributed by atoms with Crippen molar-refractivity contribution in [3.8, 4) is 0 Å². The van der Waals surface area contributed by atoms with Gasteiger partial charge in [-0.25, -0.2) is 10.1 Å². The molecule has 80 valence electrons. The van der Waals surface area contributed by atoms with Crippen molar-refractivity contribution in [3.63, 3.8) is 0 Å². The third-order valence-corrected chi connectivity index (χ3v) is 3.04. The molecule has 0 bridgehead atoms. The number of aliphatic imine (C=N–C) groups is 1. The fourth-order valence-corrected chi connectivity index (χ4v) is 1.85. The molecule has 1 unspecified atom stereocenters. The molecule has 2 rings (SSSR count). The zero-order chi connectivity index (χ0) is 10.8. The fourth-order valence-electron chi connectivity index (χ4n) is 1.54. The van der Waals surface area contributed by atoms with Crippen molar-refractivity contribution in [3.05, 3.63) is 0 Å². The fraction of sp³-hybridized carbons (Fsp3) is 0.556. The summed E-state index contributed by atoms with van der Waals surface area (Å²) in [6.07, 6.45) is 3.25. The van der Waals surface area contributed by atoms with Gasteiger partial charge in [0, 0.05) is 12.1 Å². The van der Waals surface area contributed by atoms with Gasteiger partial charge in [0.1, 0.15) is 5.78 Å². The third-order valence-electron chi connectivity index (χ3n) is 2.50. The first-order valence-corrected chi connectivity index (χ1v) is 5.99. The number of nitrogens with one attached hydrogen (secondary N) is 1. The van der Waals surface area contributed by atoms with E-state index in [1.807, 2.05) is 13.2 Å². The maximum absolute atomic E-state index is 11.3. The van der Waals surface area contributed by atoms with Gasteiger partial charge in [0.25, 0.3) is 0 Å². The topological polar surface area (TPSA) is 71.0 Å². The molecule has 1 aliphatic rings. The molecule has 0 aromatic carbocycles. The number of aromatic amines is 1. The normalized spacial score (nSPS) is 24.0. The number of carbonyl (C=O) groups is 1. The number of nitrogens with zero attached hydrogens (tertiary/aromatic N) is 3. The molecule has 1 aliphatic carbocycles. The van der Waals surface area contributed by atoms with Gasteiger partial charge in [0.2, 0.25) is 11.1 Å². The number of thioether (sulfide) groups is 1. The third kappa shape index (κ3) is 2.09. The first-order chi connectivity index (χ1) is 7.20. The Bertz CT molecular complexity index is 412. The highest BCUT2D eigenvalue weighted by Crippen LogP contribution is 2.21. The van der Waals surface area contributed by atoms with Gasteiger partial charge in [0.05, 0.1) is 5.92 Å². The minimum atomic E-state index is -0.0622. The van der Waals surface area contributed by atoms with E-state index in [-0.39, 0.29) is 11.7 Å². The van der Waals surface area contributed by atoms with Gasteiger partial charge in [0.15, 0.2) is 0 Å². The monoisotopic (exact) mass is 224 g/mol. The van der Waals surface area contributed by atoms with E-state index in [9.17, 15) is 4.79 Å². The molecule has 1 atom stereocenters. The Labute approximate surface area is 91.8 Å². The summed E-state index contributed by atoms with van der Waals surface area (Å²) < 4.78 is 0. The lowest BCUT2D eigenvalue weighted by molar-refractivity contribution is -0.119. The van der Waals surface area contributed by atoms with Crippen LogP contribution in [-0.2, 0) is 4.79 Å². The number of aromatic nitrogens is 3. The molecular formula is C9H12N4OS. The number of carbonyl (C=O) groups excluding carboxylic acids is 1. The lowest BCUT2D eigenvalue weighted by atomic mass is 10.1. The van der Waals surface area contributed by atoms with Crippen LogP contribution in [0.5, 0.6) is 0 Å². The second kappa shape index (κ2) is 4.14. The van der Waals surface area contributed by atoms with Crippen molar-refractivity contribution < 1.29 is 4.79 Å². The van der Waals surface area contributed by atoms with E-state index in [4.69, 9.17) is 0 Å². The van der Waals surface area contributed by atoms with Crippen LogP contribution in [0.1, 0.15) is 19.8 Å². The van der Waals surface area contributed by atoms with Crippen LogP contribution in [0.15, 0.2) is 10.1 Å². The van der Waals surface area contributed by atoms with Crippen molar-refractivity contribution in [2.24, 2.45) is 10.9 Å². The van der Waals surface area contributed by atoms with Crippen LogP contribution < -0.4 is 0 Å². The van der Waals surface area contributed by atoms with Crippen molar-refractivity contribution in [2.45, 2.75) is 24.9 Å². The summed E-state index contributed by atoms with van der Waals surface area (Å²) in [5.41, 5.74) is 0.906. The number of hydrogen-bond donors (Lipinski definition) is 1. The maximum Gasteiger partial charge on any atom is 0.246 e. The van der Waals surface area contributed by atoms with Crippen molar-refractivity contribution >= 4 is 29.2 Å². The van der Waals surface area contributed by atoms with Gasteiger partial charge in [-0.2, -0.15) is 4.98 Å². The summed E-state index contributed by atoms with van der Waals surface area (Å²) in [5.74, 6) is 0.696. The summed E-state index contributed by atoms with van der Waals surface area (Å²) in [4.78, 5) is 19.8. The molecule has 1 heterocycles. The van der Waals surface area contributed by atoms with Crippen LogP contribution in [0.3, 0.4) is 0 Å². The van der Waals surface area contributed by atoms with E-state index < -0.39 is 0 Å². The molecule has 1 fully saturated rings. The van der Waals surface area contributed by atoms with Crippen molar-refractivity contribution in [2.75, 3.05) is 6.26 Å². The molecule has 1 saturated carbocycles. The Morgan fingerprint density at radius 1 is 1.53 bits per heavy atom. The summed E-state index contributed by atoms with van der Waals surface area (Å²) in [7, 11) is 0. The molecule has 0 amide bonds. The average molecular weight is 224 g/mol. The number of hydrogen-bond acceptors (Lipinski definition) is 5. The van der Waals surface area contributed by atoms with Crippen molar-refractivity contribution in [1.29, 1.82) is 0 Å². The Hall–Kier alpha value is -1.17. The summed E-state index contributed by atoms with van der Waals surface area (Å²) in [6, 6.07) is 0. The van der Waals surface area contributed by atoms with Gasteiger partial charge in [-0.15, -0.1) is 5.10 Å². The highest BCUT2D eigenvalue weighted by atomic mass is 32.2. The maximum atomic E-state index is 11.3. The van der Waals surface area contributed by atoms with E-state index in [1.54, 1.807) is 0 Å². The Kier molecular flexibility index (Phi) is 2.86. The predicted octanol–water partition coefficient (Wildman–Crippen LogP) is 1.60. The van der Waals surface area contributed by atoms with E-state index in [0.717, 1.165) is 12.1 Å². The Morgan fingerprint density at radius 2 is 2.33 bits per heavy atom. The van der Waals surface area contributed by atoms with E-state index in [0.29, 0.717) is 17.5 Å². The van der Waals surface area contributed by atoms with Crippen LogP contribution in [0.2, 0.25) is 0 Å². The van der Waals surface area contributed by atoms with Gasteiger partial charge in [-0.3, -0.25) is 4.79 Å². The molecule has 0 aliphatic heterocycles. The zero-order valence-corrected chi connectivity index (χ0v) is 9.47. The molecule has 0 saturated heterocycles. The molecule has 0 radical (unpaired) electrons. The van der Waals surface area contributed by atoms with Crippen LogP contribution in [0.4, 0.5) is 5.95 Å². The second-order valence-electron chi connectivity index (χ2n) is 3.44. The first-order valence-electron chi connectivity index (χ1n) is 4.77. The lowest BCUT2D eigenvalue weighted by Gasteiger charge is -1.99. The Balaban J connectivity index is 2.19. The van der Waals surface area contributed by atoms with Gasteiger partial charge in [-0.05, 0) is 12.7 Å². The summed E-state index contributed by atoms with van der Waals surface area (Å²) >= 11 is 1.46. The van der Waals surface area contributed by atoms with Crippen LogP contribution in [0, 0.1) is 5.92 Å². The van der Waals surface area contributed by atoms with Gasteiger partial charge >= 0.3 is 0 Å². The highest BCUT2D eigenvalue weighted by molar-refractivity contribution is 7.98. The molecule has 6 heteroatoms. The van der Waals surface area contributed by atoms with Gasteiger partial charge < -0.3 is 0 Å². The second-order valence-corrected chi connectivity index (χ2v) is 4.21. The predicted molar refractivity (Wildman–Crippen MR) is 58.7 cm³/mol. The molecule has 1 N–H and O–H groups in total. The Morgan fingerprint density at radius 3 is 2.87 bits per heavy atom. The van der Waals surface area contributed by atoms with Gasteiger partial charge in [-0.1, -0.05) is 18.7 Å². The van der Waals surface area contributed by atoms with E-state index >= 15 is 0 Å². The van der Waals surface area contributed by atoms with Crippen LogP contribution >= 0.6 is 11.8 Å². The molecule has 5 nitrogen and oxygen atoms in total. The number of Topliss-reactive ketones (excluding diaryl/α,β-unsaturated/α-hetero) is 1. The smallest absolute Gasteiger partial charge is 0.246 e. The zero-order valence-electron chi connectivity index (χ0n) is 8.65. The number of ketones is 1. The lowest BCUT2D eigenvalue weighted by Crippen LogP contribution is -2.09. The number of H-pyrrole nitrogens is 1. The van der Waals surface area contributed by atoms with E-state index in [1.165, 1.54) is 11.8 Å². The summed E-state index contributed by atoms with van der Waals surface area (Å²) in [5, 5.41) is 7.37. The quantitative estimate of drug-likeness (QED) is 0.774. The molecule has 1 aromatic rings. The highest BCUT2D eigenvalue weighted by Gasteiger charge is 2.26. The standard InChI is InChI=1S/C9H12N4OS/c1-5-6(3-4-7(5)14)10-8-11-9(15-2)13-12-8/h5H,3-4H2,1-2H3,(H,11,12,13)/b10-6+. The molecule has 1 aromatic heterocycles. The number of rotatable bonds is 2. The average Bonchev–Trinajstić information content (AvgIpc) is 2.80. The molecule has 15 heavy (non-hydrogen) atoms. The molecule has 0 spiro atoms. The minimum Gasteiger partial charge on any atom is -0.299 e. The van der Waals surface area contributed by atoms with Crippen LogP contribution in [-0.4, -0.2) is 32.9 Å². The minimum absolute atomic E-state index is 0.0622. The van der Waals surface area contributed by atoms with Crippen LogP contribution in [0.25, 0.3) is 0 Å². The van der Waals surface area contributed by atoms with Crippen molar-refractivity contribution in [1.82, 2.24) is 15.2 Å². The molecular weight excluding hydrogens is 212 g/mol. The van der Waals surface area contributed by atoms with E-state index in [2.05, 4.69) is 20.2 Å². The SMILES string of the molecule is CSc1n[nH]c(/N=C2\CCC(=O)C2C)n1. The first kappa shape index (κ1) is 10.4. The largest absolute Gasteiger partial charge is 0.299 e. The summed E-state index contributed by atoms with van der Waals surface area (Å²) in [6.45, 7) is 1.89.